The number of aromatic nitrogens is 7. The second kappa shape index (κ2) is 10.8. The normalized spacial score (nSPS) is 14.5. The van der Waals surface area contributed by atoms with E-state index in [2.05, 4.69) is 47.9 Å². The molecule has 0 radical (unpaired) electrons. The Morgan fingerprint density at radius 2 is 2.03 bits per heavy atom. The van der Waals surface area contributed by atoms with E-state index in [9.17, 15) is 4.39 Å². The number of imidazole rings is 1. The average molecular weight is 523 g/mol. The number of nitrogens with one attached hydrogen (secondary N) is 3. The van der Waals surface area contributed by atoms with Gasteiger partial charge in [-0.3, -0.25) is 15.2 Å². The van der Waals surface area contributed by atoms with Gasteiger partial charge in [-0.15, -0.1) is 0 Å². The average Bonchev–Trinajstić information content (AvgIpc) is 3.74. The van der Waals surface area contributed by atoms with Crippen molar-refractivity contribution in [2.45, 2.75) is 32.6 Å². The minimum Gasteiger partial charge on any atom is -0.340 e. The fourth-order valence-electron chi connectivity index (χ4n) is 5.37. The molecule has 1 fully saturated rings. The third kappa shape index (κ3) is 5.18. The van der Waals surface area contributed by atoms with Crippen LogP contribution in [0.4, 0.5) is 4.39 Å². The van der Waals surface area contributed by atoms with Crippen LogP contribution in [0, 0.1) is 12.7 Å². The van der Waals surface area contributed by atoms with Crippen molar-refractivity contribution in [3.63, 3.8) is 0 Å². The van der Waals surface area contributed by atoms with Crippen LogP contribution in [0.3, 0.4) is 0 Å². The molecule has 0 atom stereocenters. The van der Waals surface area contributed by atoms with Gasteiger partial charge in [0.25, 0.3) is 0 Å². The SMILES string of the molecule is C=C/C=C(/c1cc(F)cc(CCCN2CCCC2)c1)c1nc(-c2n[nH]c3cnc(-c4cn[nH]c4)cc23)[nH]c1C. The lowest BCUT2D eigenvalue weighted by Gasteiger charge is -2.14. The lowest BCUT2D eigenvalue weighted by Crippen LogP contribution is -2.20. The number of aromatic amines is 3. The maximum atomic E-state index is 14.8. The highest BCUT2D eigenvalue weighted by Gasteiger charge is 2.19. The number of rotatable bonds is 9. The number of aryl methyl sites for hydroxylation is 2. The number of nitrogens with zero attached hydrogens (tertiary/aromatic N) is 5. The van der Waals surface area contributed by atoms with Crippen LogP contribution in [-0.2, 0) is 6.42 Å². The van der Waals surface area contributed by atoms with Crippen LogP contribution in [0.1, 0.15) is 41.8 Å². The molecular formula is C30H31FN8. The van der Waals surface area contributed by atoms with Crippen LogP contribution in [0.15, 0.2) is 61.6 Å². The fourth-order valence-corrected chi connectivity index (χ4v) is 5.37. The highest BCUT2D eigenvalue weighted by molar-refractivity contribution is 5.93. The molecule has 0 amide bonds. The zero-order chi connectivity index (χ0) is 26.8. The Morgan fingerprint density at radius 3 is 2.82 bits per heavy atom. The van der Waals surface area contributed by atoms with Gasteiger partial charge < -0.3 is 9.88 Å². The summed E-state index contributed by atoms with van der Waals surface area (Å²) >= 11 is 0. The number of H-pyrrole nitrogens is 3. The van der Waals surface area contributed by atoms with Gasteiger partial charge in [0.2, 0.25) is 0 Å². The second-order valence-electron chi connectivity index (χ2n) is 10.0. The monoisotopic (exact) mass is 522 g/mol. The number of pyridine rings is 1. The van der Waals surface area contributed by atoms with Crippen molar-refractivity contribution in [3.8, 4) is 22.8 Å². The summed E-state index contributed by atoms with van der Waals surface area (Å²) in [5.41, 5.74) is 7.34. The summed E-state index contributed by atoms with van der Waals surface area (Å²) < 4.78 is 14.8. The van der Waals surface area contributed by atoms with Gasteiger partial charge in [0.1, 0.15) is 11.5 Å². The Bertz CT molecular complexity index is 1640. The van der Waals surface area contributed by atoms with Crippen LogP contribution in [0.5, 0.6) is 0 Å². The molecule has 0 spiro atoms. The largest absolute Gasteiger partial charge is 0.340 e. The molecule has 39 heavy (non-hydrogen) atoms. The molecule has 198 valence electrons. The number of benzene rings is 1. The first-order valence-corrected chi connectivity index (χ1v) is 13.3. The summed E-state index contributed by atoms with van der Waals surface area (Å²) in [6, 6.07) is 7.25. The van der Waals surface area contributed by atoms with E-state index in [1.165, 1.54) is 25.9 Å². The molecule has 9 heteroatoms. The topological polar surface area (TPSA) is 102 Å². The molecule has 1 aliphatic heterocycles. The Morgan fingerprint density at radius 1 is 1.15 bits per heavy atom. The zero-order valence-corrected chi connectivity index (χ0v) is 22.0. The van der Waals surface area contributed by atoms with Crippen molar-refractivity contribution in [1.29, 1.82) is 0 Å². The molecule has 3 N–H and O–H groups in total. The first-order valence-electron chi connectivity index (χ1n) is 13.3. The smallest absolute Gasteiger partial charge is 0.159 e. The number of likely N-dealkylation sites (tertiary alicyclic amines) is 1. The van der Waals surface area contributed by atoms with Crippen molar-refractivity contribution in [2.75, 3.05) is 19.6 Å². The number of fused-ring (bicyclic) bond motifs is 1. The summed E-state index contributed by atoms with van der Waals surface area (Å²) in [7, 11) is 0. The maximum absolute atomic E-state index is 14.8. The van der Waals surface area contributed by atoms with Gasteiger partial charge >= 0.3 is 0 Å². The van der Waals surface area contributed by atoms with Crippen molar-refractivity contribution >= 4 is 16.5 Å². The number of hydrogen-bond donors (Lipinski definition) is 3. The number of allylic oxidation sites excluding steroid dienone is 2. The van der Waals surface area contributed by atoms with Crippen molar-refractivity contribution in [3.05, 3.63) is 89.9 Å². The molecule has 1 aromatic carbocycles. The first kappa shape index (κ1) is 24.9. The van der Waals surface area contributed by atoms with Crippen LogP contribution >= 0.6 is 0 Å². The molecule has 0 unspecified atom stereocenters. The fraction of sp³-hybridized carbons (Fsp3) is 0.267. The van der Waals surface area contributed by atoms with Crippen molar-refractivity contribution in [2.24, 2.45) is 0 Å². The quantitative estimate of drug-likeness (QED) is 0.211. The van der Waals surface area contributed by atoms with Crippen LogP contribution in [0.25, 0.3) is 39.3 Å². The number of hydrogen-bond acceptors (Lipinski definition) is 5. The lowest BCUT2D eigenvalue weighted by molar-refractivity contribution is 0.334. The Hall–Kier alpha value is -4.37. The van der Waals surface area contributed by atoms with Gasteiger partial charge in [-0.2, -0.15) is 10.2 Å². The molecule has 8 nitrogen and oxygen atoms in total. The van der Waals surface area contributed by atoms with Gasteiger partial charge in [-0.05, 0) is 81.6 Å². The molecule has 1 saturated heterocycles. The van der Waals surface area contributed by atoms with Gasteiger partial charge in [-0.1, -0.05) is 24.8 Å². The second-order valence-corrected chi connectivity index (χ2v) is 10.0. The molecule has 6 rings (SSSR count). The maximum Gasteiger partial charge on any atom is 0.159 e. The summed E-state index contributed by atoms with van der Waals surface area (Å²) in [5, 5.41) is 15.3. The molecule has 5 heterocycles. The van der Waals surface area contributed by atoms with E-state index in [0.29, 0.717) is 11.5 Å². The Kier molecular flexibility index (Phi) is 6.89. The van der Waals surface area contributed by atoms with Crippen LogP contribution in [-0.4, -0.2) is 59.9 Å². The van der Waals surface area contributed by atoms with Gasteiger partial charge in [-0.25, -0.2) is 9.37 Å². The van der Waals surface area contributed by atoms with Crippen molar-refractivity contribution < 1.29 is 4.39 Å². The van der Waals surface area contributed by atoms with E-state index in [1.54, 1.807) is 36.8 Å². The van der Waals surface area contributed by atoms with E-state index in [4.69, 9.17) is 4.98 Å². The highest BCUT2D eigenvalue weighted by Crippen LogP contribution is 2.32. The van der Waals surface area contributed by atoms with Gasteiger partial charge in [0, 0.05) is 28.4 Å². The minimum absolute atomic E-state index is 0.246. The highest BCUT2D eigenvalue weighted by atomic mass is 19.1. The van der Waals surface area contributed by atoms with E-state index >= 15 is 0 Å². The van der Waals surface area contributed by atoms with Gasteiger partial charge in [0.05, 0.1) is 29.3 Å². The summed E-state index contributed by atoms with van der Waals surface area (Å²) in [6.45, 7) is 9.27. The third-order valence-corrected chi connectivity index (χ3v) is 7.30. The standard InChI is InChI=1S/C30H31FN8/c1-3-7-24(21-12-20(13-23(31)14-21)8-6-11-39-9-4-5-10-39)28-19(2)35-30(36-28)29-25-15-26(22-16-33-34-17-22)32-18-27(25)37-38-29/h3,7,12-18H,1,4-6,8-11H2,2H3,(H,33,34)(H,35,36)(H,37,38)/b24-7-. The molecule has 0 bridgehead atoms. The van der Waals surface area contributed by atoms with E-state index in [0.717, 1.165) is 69.6 Å². The predicted octanol–water partition coefficient (Wildman–Crippen LogP) is 5.83. The van der Waals surface area contributed by atoms with E-state index < -0.39 is 0 Å². The van der Waals surface area contributed by atoms with E-state index in [1.807, 2.05) is 19.1 Å². The minimum atomic E-state index is -0.246. The molecule has 1 aliphatic rings. The molecule has 4 aromatic heterocycles. The third-order valence-electron chi connectivity index (χ3n) is 7.30. The first-order chi connectivity index (χ1) is 19.1. The van der Waals surface area contributed by atoms with Gasteiger partial charge in [0.15, 0.2) is 5.82 Å². The van der Waals surface area contributed by atoms with Crippen molar-refractivity contribution in [1.82, 2.24) is 40.2 Å². The van der Waals surface area contributed by atoms with Crippen LogP contribution in [0.2, 0.25) is 0 Å². The summed E-state index contributed by atoms with van der Waals surface area (Å²) in [4.78, 5) is 15.3. The Balaban J connectivity index is 1.32. The van der Waals surface area contributed by atoms with Crippen LogP contribution < -0.4 is 0 Å². The summed E-state index contributed by atoms with van der Waals surface area (Å²) in [5.74, 6) is 0.375. The lowest BCUT2D eigenvalue weighted by atomic mass is 9.97. The van der Waals surface area contributed by atoms with E-state index in [-0.39, 0.29) is 5.82 Å². The molecule has 0 aliphatic carbocycles. The number of halogens is 1. The molecule has 5 aromatic rings. The molecular weight excluding hydrogens is 491 g/mol. The summed E-state index contributed by atoms with van der Waals surface area (Å²) in [6.07, 6.45) is 13.3. The predicted molar refractivity (Wildman–Crippen MR) is 151 cm³/mol. The zero-order valence-electron chi connectivity index (χ0n) is 22.0. The Labute approximate surface area is 226 Å². The molecule has 0 saturated carbocycles.